The third-order valence-electron chi connectivity index (χ3n) is 2.05. The van der Waals surface area contributed by atoms with Crippen LogP contribution in [0.4, 0.5) is 5.69 Å². The van der Waals surface area contributed by atoms with Crippen LogP contribution in [0.5, 0.6) is 0 Å². The summed E-state index contributed by atoms with van der Waals surface area (Å²) in [5.74, 6) is 0.677. The lowest BCUT2D eigenvalue weighted by atomic mass is 10.1. The average molecular weight is 256 g/mol. The molecule has 1 rings (SSSR count). The highest BCUT2D eigenvalue weighted by molar-refractivity contribution is 8.13. The highest BCUT2D eigenvalue weighted by atomic mass is 35.5. The number of rotatable bonds is 3. The van der Waals surface area contributed by atoms with Crippen LogP contribution in [-0.4, -0.2) is 10.9 Å². The molecule has 1 aromatic rings. The minimum atomic E-state index is 0.121. The van der Waals surface area contributed by atoms with Crippen LogP contribution in [0.15, 0.2) is 18.2 Å². The molecule has 1 aromatic carbocycles. The van der Waals surface area contributed by atoms with Gasteiger partial charge in [0.05, 0.1) is 10.7 Å². The molecule has 0 saturated carbocycles. The van der Waals surface area contributed by atoms with Gasteiger partial charge in [0.2, 0.25) is 0 Å². The lowest BCUT2D eigenvalue weighted by molar-refractivity contribution is -0.109. The summed E-state index contributed by atoms with van der Waals surface area (Å²) in [6.07, 6.45) is 3.88. The predicted molar refractivity (Wildman–Crippen MR) is 72.8 cm³/mol. The summed E-state index contributed by atoms with van der Waals surface area (Å²) in [4.78, 5) is 10.7. The summed E-state index contributed by atoms with van der Waals surface area (Å²) < 4.78 is 0. The lowest BCUT2D eigenvalue weighted by Gasteiger charge is -2.04. The zero-order valence-corrected chi connectivity index (χ0v) is 10.9. The fourth-order valence-corrected chi connectivity index (χ4v) is 1.93. The largest absolute Gasteiger partial charge is 0.397 e. The van der Waals surface area contributed by atoms with E-state index in [1.165, 1.54) is 11.8 Å². The Balaban J connectivity index is 2.71. The van der Waals surface area contributed by atoms with Crippen LogP contribution in [0.3, 0.4) is 0 Å². The van der Waals surface area contributed by atoms with Gasteiger partial charge in [-0.3, -0.25) is 4.79 Å². The van der Waals surface area contributed by atoms with Gasteiger partial charge in [0.25, 0.3) is 0 Å². The van der Waals surface area contributed by atoms with E-state index in [4.69, 9.17) is 17.3 Å². The van der Waals surface area contributed by atoms with Crippen molar-refractivity contribution in [2.24, 2.45) is 0 Å². The molecule has 4 heteroatoms. The Morgan fingerprint density at radius 1 is 1.56 bits per heavy atom. The van der Waals surface area contributed by atoms with E-state index in [0.29, 0.717) is 16.5 Å². The third kappa shape index (κ3) is 3.91. The van der Waals surface area contributed by atoms with Crippen LogP contribution in [-0.2, 0) is 4.79 Å². The molecule has 0 fully saturated rings. The molecule has 0 bridgehead atoms. The van der Waals surface area contributed by atoms with Gasteiger partial charge >= 0.3 is 0 Å². The number of aryl methyl sites for hydroxylation is 1. The number of halogens is 1. The van der Waals surface area contributed by atoms with E-state index in [9.17, 15) is 4.79 Å². The summed E-state index contributed by atoms with van der Waals surface area (Å²) in [5.41, 5.74) is 8.33. The minimum absolute atomic E-state index is 0.121. The molecular weight excluding hydrogens is 242 g/mol. The van der Waals surface area contributed by atoms with Crippen LogP contribution in [0.25, 0.3) is 6.08 Å². The van der Waals surface area contributed by atoms with E-state index in [-0.39, 0.29) is 5.12 Å². The van der Waals surface area contributed by atoms with Gasteiger partial charge in [-0.1, -0.05) is 35.5 Å². The third-order valence-corrected chi connectivity index (χ3v) is 3.13. The smallest absolute Gasteiger partial charge is 0.186 e. The Hall–Kier alpha value is -0.930. The first-order valence-electron chi connectivity index (χ1n) is 4.86. The van der Waals surface area contributed by atoms with Crippen LogP contribution < -0.4 is 5.73 Å². The van der Waals surface area contributed by atoms with E-state index < -0.39 is 0 Å². The quantitative estimate of drug-likeness (QED) is 0.841. The molecule has 0 heterocycles. The maximum Gasteiger partial charge on any atom is 0.186 e. The fraction of sp³-hybridized carbons (Fsp3) is 0.250. The average Bonchev–Trinajstić information content (AvgIpc) is 2.20. The number of benzene rings is 1. The second-order valence-corrected chi connectivity index (χ2v) is 5.04. The second kappa shape index (κ2) is 5.97. The lowest BCUT2D eigenvalue weighted by Crippen LogP contribution is -1.91. The van der Waals surface area contributed by atoms with Crippen molar-refractivity contribution in [3.63, 3.8) is 0 Å². The zero-order valence-electron chi connectivity index (χ0n) is 9.29. The second-order valence-electron chi connectivity index (χ2n) is 3.44. The number of anilines is 1. The van der Waals surface area contributed by atoms with Crippen molar-refractivity contribution in [1.29, 1.82) is 0 Å². The highest BCUT2D eigenvalue weighted by Crippen LogP contribution is 2.24. The Morgan fingerprint density at radius 2 is 2.25 bits per heavy atom. The molecule has 0 aliphatic carbocycles. The Morgan fingerprint density at radius 3 is 2.81 bits per heavy atom. The molecular formula is C12H14ClNOS. The Labute approximate surface area is 105 Å². The van der Waals surface area contributed by atoms with Gasteiger partial charge in [0.1, 0.15) is 0 Å². The number of carbonyl (C=O) groups is 1. The Kier molecular flexibility index (Phi) is 4.90. The van der Waals surface area contributed by atoms with Crippen molar-refractivity contribution in [2.75, 3.05) is 11.5 Å². The van der Waals surface area contributed by atoms with Gasteiger partial charge in [0.15, 0.2) is 5.12 Å². The van der Waals surface area contributed by atoms with Gasteiger partial charge < -0.3 is 5.73 Å². The van der Waals surface area contributed by atoms with Crippen molar-refractivity contribution in [3.05, 3.63) is 34.4 Å². The zero-order chi connectivity index (χ0) is 12.1. The van der Waals surface area contributed by atoms with E-state index in [1.807, 2.05) is 31.2 Å². The first-order valence-corrected chi connectivity index (χ1v) is 6.22. The standard InChI is InChI=1S/C12H14ClNOS/c1-8-6-10(7-11(13)12(8)14)4-3-5-16-9(2)15/h3-4,6-7H,5,14H2,1-2H3. The molecule has 0 aliphatic heterocycles. The number of thioether (sulfide) groups is 1. The van der Waals surface area contributed by atoms with Gasteiger partial charge in [0, 0.05) is 12.7 Å². The number of hydrogen-bond donors (Lipinski definition) is 1. The molecule has 0 aliphatic rings. The molecule has 0 aromatic heterocycles. The molecule has 16 heavy (non-hydrogen) atoms. The van der Waals surface area contributed by atoms with Gasteiger partial charge in [-0.05, 0) is 30.2 Å². The molecule has 0 radical (unpaired) electrons. The first kappa shape index (κ1) is 13.1. The van der Waals surface area contributed by atoms with Crippen LogP contribution in [0, 0.1) is 6.92 Å². The van der Waals surface area contributed by atoms with Crippen molar-refractivity contribution >= 4 is 40.2 Å². The fourth-order valence-electron chi connectivity index (χ4n) is 1.23. The van der Waals surface area contributed by atoms with Crippen molar-refractivity contribution in [1.82, 2.24) is 0 Å². The summed E-state index contributed by atoms with van der Waals surface area (Å²) in [5, 5.41) is 0.690. The van der Waals surface area contributed by atoms with Gasteiger partial charge in [-0.15, -0.1) is 0 Å². The van der Waals surface area contributed by atoms with Crippen LogP contribution in [0.2, 0.25) is 5.02 Å². The topological polar surface area (TPSA) is 43.1 Å². The monoisotopic (exact) mass is 255 g/mol. The molecule has 86 valence electrons. The normalized spacial score (nSPS) is 10.9. The summed E-state index contributed by atoms with van der Waals surface area (Å²) in [6, 6.07) is 3.79. The summed E-state index contributed by atoms with van der Waals surface area (Å²) >= 11 is 7.24. The predicted octanol–water partition coefficient (Wildman–Crippen LogP) is 3.52. The minimum Gasteiger partial charge on any atom is -0.397 e. The maximum absolute atomic E-state index is 10.7. The Bertz CT molecular complexity index is 406. The van der Waals surface area contributed by atoms with E-state index in [2.05, 4.69) is 0 Å². The maximum atomic E-state index is 10.7. The van der Waals surface area contributed by atoms with Crippen LogP contribution in [0.1, 0.15) is 18.1 Å². The molecule has 0 saturated heterocycles. The molecule has 0 amide bonds. The summed E-state index contributed by atoms with van der Waals surface area (Å²) in [7, 11) is 0. The van der Waals surface area contributed by atoms with E-state index >= 15 is 0 Å². The number of hydrogen-bond acceptors (Lipinski definition) is 3. The van der Waals surface area contributed by atoms with Gasteiger partial charge in [-0.25, -0.2) is 0 Å². The number of nitrogen functional groups attached to an aromatic ring is 1. The SMILES string of the molecule is CC(=O)SCC=Cc1cc(C)c(N)c(Cl)c1. The van der Waals surface area contributed by atoms with Crippen LogP contribution >= 0.6 is 23.4 Å². The number of carbonyl (C=O) groups excluding carboxylic acids is 1. The highest BCUT2D eigenvalue weighted by Gasteiger charge is 2.00. The molecule has 2 nitrogen and oxygen atoms in total. The molecule has 0 atom stereocenters. The van der Waals surface area contributed by atoms with Crippen molar-refractivity contribution in [2.45, 2.75) is 13.8 Å². The van der Waals surface area contributed by atoms with Crippen molar-refractivity contribution in [3.8, 4) is 0 Å². The van der Waals surface area contributed by atoms with E-state index in [0.717, 1.165) is 11.1 Å². The first-order chi connectivity index (χ1) is 7.50. The molecule has 2 N–H and O–H groups in total. The summed E-state index contributed by atoms with van der Waals surface area (Å²) in [6.45, 7) is 3.48. The van der Waals surface area contributed by atoms with Crippen molar-refractivity contribution < 1.29 is 4.79 Å². The molecule has 0 unspecified atom stereocenters. The number of nitrogens with two attached hydrogens (primary N) is 1. The van der Waals surface area contributed by atoms with E-state index in [1.54, 1.807) is 6.92 Å². The molecule has 0 spiro atoms. The van der Waals surface area contributed by atoms with Gasteiger partial charge in [-0.2, -0.15) is 0 Å².